The number of carbonyl (C=O) groups excluding carboxylic acids is 4. The van der Waals surface area contributed by atoms with Gasteiger partial charge in [0.25, 0.3) is 17.7 Å². The standard InChI is InChI=1S/C21H20N2O6/c1-22(6-8-24)19(27)16-4-2-13(10-15(16)12-26)14-3-5-17-18(11-14)21(29)23(7-9-25)20(17)28/h2-5,10-12,24-25H,6-9H2,1H3. The number of aliphatic hydroxyl groups excluding tert-OH is 2. The minimum Gasteiger partial charge on any atom is -0.395 e. The highest BCUT2D eigenvalue weighted by molar-refractivity contribution is 6.21. The Morgan fingerprint density at radius 3 is 2.31 bits per heavy atom. The van der Waals surface area contributed by atoms with Crippen molar-refractivity contribution in [2.24, 2.45) is 0 Å². The van der Waals surface area contributed by atoms with Gasteiger partial charge in [-0.3, -0.25) is 24.1 Å². The van der Waals surface area contributed by atoms with E-state index in [2.05, 4.69) is 0 Å². The van der Waals surface area contributed by atoms with Crippen LogP contribution in [0.4, 0.5) is 0 Å². The summed E-state index contributed by atoms with van der Waals surface area (Å²) in [5, 5.41) is 18.0. The summed E-state index contributed by atoms with van der Waals surface area (Å²) in [5.74, 6) is -1.32. The van der Waals surface area contributed by atoms with Gasteiger partial charge in [0.15, 0.2) is 6.29 Å². The fraction of sp³-hybridized carbons (Fsp3) is 0.238. The van der Waals surface area contributed by atoms with Gasteiger partial charge in [0, 0.05) is 19.2 Å². The molecule has 3 rings (SSSR count). The molecular formula is C21H20N2O6. The normalized spacial score (nSPS) is 12.9. The molecule has 8 heteroatoms. The predicted octanol–water partition coefficient (Wildman–Crippen LogP) is 0.819. The number of aliphatic hydroxyl groups is 2. The number of amides is 3. The first-order valence-corrected chi connectivity index (χ1v) is 9.00. The average Bonchev–Trinajstić information content (AvgIpc) is 2.97. The number of imide groups is 1. The molecule has 0 spiro atoms. The number of hydrogen-bond donors (Lipinski definition) is 2. The lowest BCUT2D eigenvalue weighted by molar-refractivity contribution is 0.0623. The summed E-state index contributed by atoms with van der Waals surface area (Å²) in [6.45, 7) is -0.438. The molecule has 0 atom stereocenters. The van der Waals surface area contributed by atoms with Gasteiger partial charge in [0.1, 0.15) is 0 Å². The number of nitrogens with zero attached hydrogens (tertiary/aromatic N) is 2. The van der Waals surface area contributed by atoms with Crippen LogP contribution in [0.15, 0.2) is 36.4 Å². The van der Waals surface area contributed by atoms with Crippen molar-refractivity contribution >= 4 is 24.0 Å². The van der Waals surface area contributed by atoms with Crippen LogP contribution in [0.5, 0.6) is 0 Å². The minimum absolute atomic E-state index is 0.0743. The second-order valence-corrected chi connectivity index (χ2v) is 6.62. The number of hydrogen-bond acceptors (Lipinski definition) is 6. The van der Waals surface area contributed by atoms with Crippen molar-refractivity contribution in [3.63, 3.8) is 0 Å². The van der Waals surface area contributed by atoms with Gasteiger partial charge in [-0.1, -0.05) is 12.1 Å². The summed E-state index contributed by atoms with van der Waals surface area (Å²) in [5.41, 5.74) is 2.11. The van der Waals surface area contributed by atoms with Gasteiger partial charge in [0.2, 0.25) is 0 Å². The van der Waals surface area contributed by atoms with E-state index in [0.29, 0.717) is 17.4 Å². The van der Waals surface area contributed by atoms with Crippen molar-refractivity contribution < 1.29 is 29.4 Å². The summed E-state index contributed by atoms with van der Waals surface area (Å²) < 4.78 is 0. The number of rotatable bonds is 7. The molecule has 0 unspecified atom stereocenters. The van der Waals surface area contributed by atoms with Crippen LogP contribution in [0.25, 0.3) is 11.1 Å². The fourth-order valence-electron chi connectivity index (χ4n) is 3.27. The second kappa shape index (κ2) is 8.34. The van der Waals surface area contributed by atoms with Crippen LogP contribution >= 0.6 is 0 Å². The quantitative estimate of drug-likeness (QED) is 0.529. The number of benzene rings is 2. The molecule has 2 aromatic carbocycles. The third kappa shape index (κ3) is 3.67. The van der Waals surface area contributed by atoms with Gasteiger partial charge < -0.3 is 15.1 Å². The SMILES string of the molecule is CN(CCO)C(=O)c1ccc(-c2ccc3c(c2)C(=O)N(CCO)C3=O)cc1C=O. The Kier molecular flexibility index (Phi) is 5.86. The molecule has 2 N–H and O–H groups in total. The van der Waals surface area contributed by atoms with Gasteiger partial charge in [-0.25, -0.2) is 0 Å². The number of carbonyl (C=O) groups is 4. The van der Waals surface area contributed by atoms with E-state index < -0.39 is 11.8 Å². The minimum atomic E-state index is -0.478. The summed E-state index contributed by atoms with van der Waals surface area (Å²) >= 11 is 0. The number of fused-ring (bicyclic) bond motifs is 1. The van der Waals surface area contributed by atoms with E-state index in [-0.39, 0.29) is 54.5 Å². The monoisotopic (exact) mass is 396 g/mol. The molecule has 3 amide bonds. The van der Waals surface area contributed by atoms with Crippen molar-refractivity contribution in [3.05, 3.63) is 58.7 Å². The summed E-state index contributed by atoms with van der Waals surface area (Å²) in [6.07, 6.45) is 0.578. The maximum absolute atomic E-state index is 12.5. The first-order valence-electron chi connectivity index (χ1n) is 9.00. The lowest BCUT2D eigenvalue weighted by Crippen LogP contribution is -2.32. The van der Waals surface area contributed by atoms with E-state index in [0.717, 1.165) is 4.90 Å². The van der Waals surface area contributed by atoms with E-state index >= 15 is 0 Å². The highest BCUT2D eigenvalue weighted by atomic mass is 16.3. The molecule has 1 aliphatic rings. The molecule has 0 radical (unpaired) electrons. The van der Waals surface area contributed by atoms with E-state index in [9.17, 15) is 19.2 Å². The average molecular weight is 396 g/mol. The molecule has 0 aliphatic carbocycles. The van der Waals surface area contributed by atoms with Gasteiger partial charge in [-0.2, -0.15) is 0 Å². The topological polar surface area (TPSA) is 115 Å². The lowest BCUT2D eigenvalue weighted by atomic mass is 9.96. The Morgan fingerprint density at radius 1 is 1.00 bits per heavy atom. The molecule has 0 aromatic heterocycles. The Labute approximate surface area is 167 Å². The van der Waals surface area contributed by atoms with Crippen LogP contribution in [-0.2, 0) is 0 Å². The van der Waals surface area contributed by atoms with Crippen LogP contribution in [0.3, 0.4) is 0 Å². The first-order chi connectivity index (χ1) is 13.9. The molecular weight excluding hydrogens is 376 g/mol. The zero-order valence-electron chi connectivity index (χ0n) is 15.8. The summed E-state index contributed by atoms with van der Waals surface area (Å²) in [6, 6.07) is 9.49. The fourth-order valence-corrected chi connectivity index (χ4v) is 3.27. The molecule has 1 aliphatic heterocycles. The third-order valence-electron chi connectivity index (χ3n) is 4.82. The van der Waals surface area contributed by atoms with Crippen molar-refractivity contribution in [1.29, 1.82) is 0 Å². The molecule has 2 aromatic rings. The zero-order valence-corrected chi connectivity index (χ0v) is 15.8. The van der Waals surface area contributed by atoms with Crippen LogP contribution in [0, 0.1) is 0 Å². The van der Waals surface area contributed by atoms with Crippen molar-refractivity contribution in [1.82, 2.24) is 9.80 Å². The van der Waals surface area contributed by atoms with Crippen LogP contribution in [-0.4, -0.2) is 77.4 Å². The maximum Gasteiger partial charge on any atom is 0.261 e. The highest BCUT2D eigenvalue weighted by Crippen LogP contribution is 2.29. The van der Waals surface area contributed by atoms with Crippen LogP contribution < -0.4 is 0 Å². The molecule has 0 bridgehead atoms. The highest BCUT2D eigenvalue weighted by Gasteiger charge is 2.35. The Bertz CT molecular complexity index is 1000. The van der Waals surface area contributed by atoms with Gasteiger partial charge in [0.05, 0.1) is 36.4 Å². The second-order valence-electron chi connectivity index (χ2n) is 6.62. The van der Waals surface area contributed by atoms with E-state index in [1.807, 2.05) is 0 Å². The van der Waals surface area contributed by atoms with E-state index in [4.69, 9.17) is 10.2 Å². The van der Waals surface area contributed by atoms with Crippen molar-refractivity contribution in [2.45, 2.75) is 0 Å². The van der Waals surface area contributed by atoms with Gasteiger partial charge in [-0.15, -0.1) is 0 Å². The van der Waals surface area contributed by atoms with Crippen molar-refractivity contribution in [2.75, 3.05) is 33.4 Å². The number of β-amino-alcohol motifs (C(OH)–C–C–N with tert-alkyl or cyclic N) is 1. The lowest BCUT2D eigenvalue weighted by Gasteiger charge is -2.17. The maximum atomic E-state index is 12.5. The van der Waals surface area contributed by atoms with Crippen LogP contribution in [0.1, 0.15) is 41.4 Å². The Balaban J connectivity index is 1.97. The molecule has 0 fully saturated rings. The van der Waals surface area contributed by atoms with E-state index in [1.54, 1.807) is 24.3 Å². The van der Waals surface area contributed by atoms with Gasteiger partial charge >= 0.3 is 0 Å². The number of aldehydes is 1. The first kappa shape index (κ1) is 20.4. The van der Waals surface area contributed by atoms with Gasteiger partial charge in [-0.05, 0) is 35.4 Å². The Hall–Kier alpha value is -3.36. The molecule has 0 saturated carbocycles. The van der Waals surface area contributed by atoms with Crippen LogP contribution in [0.2, 0.25) is 0 Å². The number of likely N-dealkylation sites (N-methyl/N-ethyl adjacent to an activating group) is 1. The predicted molar refractivity (Wildman–Crippen MR) is 104 cm³/mol. The van der Waals surface area contributed by atoms with E-state index in [1.165, 1.54) is 24.1 Å². The largest absolute Gasteiger partial charge is 0.395 e. The molecule has 29 heavy (non-hydrogen) atoms. The smallest absolute Gasteiger partial charge is 0.261 e. The Morgan fingerprint density at radius 2 is 1.66 bits per heavy atom. The zero-order chi connectivity index (χ0) is 21.1. The molecule has 0 saturated heterocycles. The third-order valence-corrected chi connectivity index (χ3v) is 4.82. The summed E-state index contributed by atoms with van der Waals surface area (Å²) in [4.78, 5) is 51.0. The molecule has 8 nitrogen and oxygen atoms in total. The molecule has 1 heterocycles. The molecule has 150 valence electrons. The summed E-state index contributed by atoms with van der Waals surface area (Å²) in [7, 11) is 1.53. The van der Waals surface area contributed by atoms with Crippen molar-refractivity contribution in [3.8, 4) is 11.1 Å².